The molecule has 1 aromatic carbocycles. The average Bonchev–Trinajstić information content (AvgIpc) is 2.39. The van der Waals surface area contributed by atoms with Crippen molar-refractivity contribution in [2.75, 3.05) is 12.4 Å². The fourth-order valence-electron chi connectivity index (χ4n) is 1.89. The Balaban J connectivity index is 2.31. The van der Waals surface area contributed by atoms with E-state index < -0.39 is 0 Å². The van der Waals surface area contributed by atoms with Crippen molar-refractivity contribution in [2.24, 2.45) is 5.92 Å². The third-order valence-corrected chi connectivity index (χ3v) is 4.14. The summed E-state index contributed by atoms with van der Waals surface area (Å²) in [7, 11) is 0. The Labute approximate surface area is 130 Å². The molecule has 0 saturated carbocycles. The summed E-state index contributed by atoms with van der Waals surface area (Å²) in [6.07, 6.45) is 0.789. The highest BCUT2D eigenvalue weighted by atomic mass is 35.5. The number of thioether (sulfide) groups is 1. The number of nitrogens with one attached hydrogen (secondary N) is 1. The van der Waals surface area contributed by atoms with Crippen LogP contribution >= 0.6 is 23.4 Å². The van der Waals surface area contributed by atoms with Crippen LogP contribution in [0.1, 0.15) is 25.8 Å². The lowest BCUT2D eigenvalue weighted by atomic mass is 10.0. The summed E-state index contributed by atoms with van der Waals surface area (Å²) >= 11 is 7.58. The molecule has 0 heterocycles. The van der Waals surface area contributed by atoms with Gasteiger partial charge in [-0.1, -0.05) is 43.6 Å². The molecule has 1 rings (SSSR count). The molecule has 0 radical (unpaired) electrons. The third-order valence-electron chi connectivity index (χ3n) is 2.79. The van der Waals surface area contributed by atoms with Gasteiger partial charge in [0.05, 0.1) is 18.4 Å². The van der Waals surface area contributed by atoms with Crippen LogP contribution in [-0.4, -0.2) is 29.4 Å². The third kappa shape index (κ3) is 6.64. The summed E-state index contributed by atoms with van der Waals surface area (Å²) in [5, 5.41) is 12.8. The monoisotopic (exact) mass is 315 g/mol. The molecule has 0 bridgehead atoms. The van der Waals surface area contributed by atoms with Gasteiger partial charge in [-0.05, 0) is 24.0 Å². The van der Waals surface area contributed by atoms with Crippen LogP contribution in [0.4, 0.5) is 0 Å². The van der Waals surface area contributed by atoms with Gasteiger partial charge in [0, 0.05) is 10.8 Å². The molecule has 112 valence electrons. The van der Waals surface area contributed by atoms with E-state index in [1.807, 2.05) is 24.3 Å². The zero-order valence-electron chi connectivity index (χ0n) is 11.9. The summed E-state index contributed by atoms with van der Waals surface area (Å²) in [6.45, 7) is 4.13. The molecular weight excluding hydrogens is 294 g/mol. The Morgan fingerprint density at radius 3 is 2.70 bits per heavy atom. The van der Waals surface area contributed by atoms with E-state index in [4.69, 9.17) is 11.6 Å². The van der Waals surface area contributed by atoms with Gasteiger partial charge in [0.15, 0.2) is 0 Å². The van der Waals surface area contributed by atoms with Crippen LogP contribution in [0.25, 0.3) is 0 Å². The molecule has 0 saturated heterocycles. The van der Waals surface area contributed by atoms with Gasteiger partial charge in [-0.25, -0.2) is 0 Å². The molecule has 0 aliphatic carbocycles. The first-order chi connectivity index (χ1) is 9.52. The maximum absolute atomic E-state index is 11.8. The summed E-state index contributed by atoms with van der Waals surface area (Å²) in [5.41, 5.74) is 1.04. The van der Waals surface area contributed by atoms with Crippen LogP contribution < -0.4 is 5.32 Å². The van der Waals surface area contributed by atoms with Crippen LogP contribution in [0.2, 0.25) is 5.02 Å². The second-order valence-electron chi connectivity index (χ2n) is 5.16. The fraction of sp³-hybridized carbons (Fsp3) is 0.533. The van der Waals surface area contributed by atoms with Crippen molar-refractivity contribution in [3.8, 4) is 0 Å². The van der Waals surface area contributed by atoms with Gasteiger partial charge < -0.3 is 10.4 Å². The van der Waals surface area contributed by atoms with Crippen LogP contribution in [0.15, 0.2) is 24.3 Å². The Morgan fingerprint density at radius 1 is 1.40 bits per heavy atom. The Kier molecular flexibility index (Phi) is 8.04. The lowest BCUT2D eigenvalue weighted by Crippen LogP contribution is -2.39. The zero-order valence-corrected chi connectivity index (χ0v) is 13.5. The van der Waals surface area contributed by atoms with E-state index in [1.54, 1.807) is 0 Å². The molecule has 1 atom stereocenters. The predicted octanol–water partition coefficient (Wildman–Crippen LogP) is 3.10. The first-order valence-electron chi connectivity index (χ1n) is 6.74. The number of hydrogen-bond donors (Lipinski definition) is 2. The highest BCUT2D eigenvalue weighted by Crippen LogP contribution is 2.20. The van der Waals surface area contributed by atoms with E-state index in [-0.39, 0.29) is 18.6 Å². The molecule has 1 amide bonds. The largest absolute Gasteiger partial charge is 0.394 e. The number of rotatable bonds is 8. The van der Waals surface area contributed by atoms with Gasteiger partial charge in [0.1, 0.15) is 0 Å². The quantitative estimate of drug-likeness (QED) is 0.775. The maximum Gasteiger partial charge on any atom is 0.230 e. The van der Waals surface area contributed by atoms with E-state index >= 15 is 0 Å². The van der Waals surface area contributed by atoms with Crippen molar-refractivity contribution < 1.29 is 9.90 Å². The molecule has 1 aromatic rings. The topological polar surface area (TPSA) is 49.3 Å². The van der Waals surface area contributed by atoms with Gasteiger partial charge in [-0.15, -0.1) is 11.8 Å². The van der Waals surface area contributed by atoms with Crippen molar-refractivity contribution in [1.29, 1.82) is 0 Å². The van der Waals surface area contributed by atoms with Crippen LogP contribution in [0.3, 0.4) is 0 Å². The summed E-state index contributed by atoms with van der Waals surface area (Å²) in [4.78, 5) is 11.8. The first-order valence-corrected chi connectivity index (χ1v) is 8.27. The molecule has 0 spiro atoms. The first kappa shape index (κ1) is 17.3. The molecule has 0 unspecified atom stereocenters. The van der Waals surface area contributed by atoms with E-state index in [1.165, 1.54) is 11.8 Å². The van der Waals surface area contributed by atoms with Crippen molar-refractivity contribution in [3.05, 3.63) is 34.9 Å². The second-order valence-corrected chi connectivity index (χ2v) is 6.55. The Bertz CT molecular complexity index is 426. The van der Waals surface area contributed by atoms with Gasteiger partial charge in [-0.2, -0.15) is 0 Å². The Hall–Kier alpha value is -0.710. The van der Waals surface area contributed by atoms with E-state index in [9.17, 15) is 9.90 Å². The molecule has 0 aliphatic heterocycles. The zero-order chi connectivity index (χ0) is 15.0. The van der Waals surface area contributed by atoms with E-state index in [0.29, 0.717) is 17.4 Å². The molecular formula is C15H22ClNO2S. The highest BCUT2D eigenvalue weighted by Gasteiger charge is 2.13. The summed E-state index contributed by atoms with van der Waals surface area (Å²) in [5.74, 6) is 1.49. The standard InChI is InChI=1S/C15H22ClNO2S/c1-11(2)7-13(8-18)17-15(19)10-20-9-12-5-3-4-6-14(12)16/h3-6,11,13,18H,7-10H2,1-2H3,(H,17,19)/t13-/m0/s1. The van der Waals surface area contributed by atoms with Crippen molar-refractivity contribution in [2.45, 2.75) is 32.1 Å². The molecule has 3 nitrogen and oxygen atoms in total. The van der Waals surface area contributed by atoms with Gasteiger partial charge in [-0.3, -0.25) is 4.79 Å². The molecule has 0 aliphatic rings. The minimum atomic E-state index is -0.150. The SMILES string of the molecule is CC(C)C[C@@H](CO)NC(=O)CSCc1ccccc1Cl. The number of amides is 1. The fourth-order valence-corrected chi connectivity index (χ4v) is 3.01. The lowest BCUT2D eigenvalue weighted by Gasteiger charge is -2.18. The van der Waals surface area contributed by atoms with Gasteiger partial charge in [0.2, 0.25) is 5.91 Å². The maximum atomic E-state index is 11.8. The number of carbonyl (C=O) groups is 1. The molecule has 20 heavy (non-hydrogen) atoms. The Morgan fingerprint density at radius 2 is 2.10 bits per heavy atom. The summed E-state index contributed by atoms with van der Waals surface area (Å²) < 4.78 is 0. The predicted molar refractivity (Wildman–Crippen MR) is 86.1 cm³/mol. The second kappa shape index (κ2) is 9.27. The van der Waals surface area contributed by atoms with Crippen molar-refractivity contribution >= 4 is 29.3 Å². The van der Waals surface area contributed by atoms with Crippen molar-refractivity contribution in [3.63, 3.8) is 0 Å². The number of hydrogen-bond acceptors (Lipinski definition) is 3. The highest BCUT2D eigenvalue weighted by molar-refractivity contribution is 7.99. The molecule has 2 N–H and O–H groups in total. The average molecular weight is 316 g/mol. The number of aliphatic hydroxyl groups excluding tert-OH is 1. The number of carbonyl (C=O) groups excluding carboxylic acids is 1. The van der Waals surface area contributed by atoms with Crippen molar-refractivity contribution in [1.82, 2.24) is 5.32 Å². The smallest absolute Gasteiger partial charge is 0.230 e. The normalized spacial score (nSPS) is 12.4. The van der Waals surface area contributed by atoms with E-state index in [2.05, 4.69) is 19.2 Å². The molecule has 0 fully saturated rings. The van der Waals surface area contributed by atoms with E-state index in [0.717, 1.165) is 17.0 Å². The van der Waals surface area contributed by atoms with Gasteiger partial charge in [0.25, 0.3) is 0 Å². The molecule has 0 aromatic heterocycles. The number of aliphatic hydroxyl groups is 1. The minimum Gasteiger partial charge on any atom is -0.394 e. The summed E-state index contributed by atoms with van der Waals surface area (Å²) in [6, 6.07) is 7.49. The number of halogens is 1. The number of benzene rings is 1. The lowest BCUT2D eigenvalue weighted by molar-refractivity contribution is -0.119. The van der Waals surface area contributed by atoms with Crippen LogP contribution in [0, 0.1) is 5.92 Å². The minimum absolute atomic E-state index is 0.0148. The molecule has 5 heteroatoms. The van der Waals surface area contributed by atoms with Crippen LogP contribution in [-0.2, 0) is 10.5 Å². The van der Waals surface area contributed by atoms with Crippen LogP contribution in [0.5, 0.6) is 0 Å². The van der Waals surface area contributed by atoms with Gasteiger partial charge >= 0.3 is 0 Å².